The minimum absolute atomic E-state index is 0.738. The summed E-state index contributed by atoms with van der Waals surface area (Å²) in [4.78, 5) is 0. The van der Waals surface area contributed by atoms with Gasteiger partial charge in [-0.1, -0.05) is 0 Å². The van der Waals surface area contributed by atoms with Crippen molar-refractivity contribution < 1.29 is 4.74 Å². The Morgan fingerprint density at radius 1 is 1.56 bits per heavy atom. The normalized spacial score (nSPS) is 19.7. The fourth-order valence-electron chi connectivity index (χ4n) is 1.86. The SMILES string of the molecule is COc1ccc(NCC2CCCS2)c(N)c1. The van der Waals surface area contributed by atoms with Crippen molar-refractivity contribution in [2.45, 2.75) is 18.1 Å². The van der Waals surface area contributed by atoms with Crippen molar-refractivity contribution in [3.05, 3.63) is 18.2 Å². The Morgan fingerprint density at radius 2 is 2.44 bits per heavy atom. The molecule has 1 fully saturated rings. The number of thioether (sulfide) groups is 1. The van der Waals surface area contributed by atoms with Crippen LogP contribution in [0.2, 0.25) is 0 Å². The standard InChI is InChI=1S/C12H18N2OS/c1-15-9-4-5-12(11(13)7-9)14-8-10-3-2-6-16-10/h4-5,7,10,14H,2-3,6,8,13H2,1H3. The van der Waals surface area contributed by atoms with Crippen LogP contribution in [0.4, 0.5) is 11.4 Å². The van der Waals surface area contributed by atoms with Crippen LogP contribution in [-0.4, -0.2) is 24.7 Å². The molecule has 0 spiro atoms. The summed E-state index contributed by atoms with van der Waals surface area (Å²) in [5, 5.41) is 4.14. The summed E-state index contributed by atoms with van der Waals surface area (Å²) in [6.45, 7) is 1.00. The first kappa shape index (κ1) is 11.5. The highest BCUT2D eigenvalue weighted by atomic mass is 32.2. The molecule has 0 bridgehead atoms. The van der Waals surface area contributed by atoms with E-state index in [4.69, 9.17) is 10.5 Å². The number of anilines is 2. The second kappa shape index (κ2) is 5.34. The molecule has 1 aromatic rings. The van der Waals surface area contributed by atoms with Gasteiger partial charge in [-0.15, -0.1) is 0 Å². The molecule has 0 aliphatic carbocycles. The van der Waals surface area contributed by atoms with Crippen LogP contribution in [-0.2, 0) is 0 Å². The molecule has 2 rings (SSSR count). The first-order valence-corrected chi connectivity index (χ1v) is 6.63. The average molecular weight is 238 g/mol. The fourth-order valence-corrected chi connectivity index (χ4v) is 3.06. The van der Waals surface area contributed by atoms with Crippen LogP contribution in [0.25, 0.3) is 0 Å². The third kappa shape index (κ3) is 2.76. The van der Waals surface area contributed by atoms with Crippen LogP contribution in [0.15, 0.2) is 18.2 Å². The van der Waals surface area contributed by atoms with E-state index < -0.39 is 0 Å². The van der Waals surface area contributed by atoms with Gasteiger partial charge in [0.15, 0.2) is 0 Å². The summed E-state index contributed by atoms with van der Waals surface area (Å²) >= 11 is 2.05. The monoisotopic (exact) mass is 238 g/mol. The van der Waals surface area contributed by atoms with E-state index in [9.17, 15) is 0 Å². The number of hydrogen-bond donors (Lipinski definition) is 2. The highest BCUT2D eigenvalue weighted by Crippen LogP contribution is 2.28. The molecule has 1 saturated heterocycles. The summed E-state index contributed by atoms with van der Waals surface area (Å²) in [5.74, 6) is 2.10. The second-order valence-electron chi connectivity index (χ2n) is 3.97. The number of nitrogens with two attached hydrogens (primary N) is 1. The van der Waals surface area contributed by atoms with Crippen LogP contribution in [0.1, 0.15) is 12.8 Å². The van der Waals surface area contributed by atoms with E-state index in [0.29, 0.717) is 0 Å². The van der Waals surface area contributed by atoms with E-state index in [2.05, 4.69) is 5.32 Å². The van der Waals surface area contributed by atoms with Gasteiger partial charge in [0.25, 0.3) is 0 Å². The number of rotatable bonds is 4. The van der Waals surface area contributed by atoms with Gasteiger partial charge in [-0.3, -0.25) is 0 Å². The maximum absolute atomic E-state index is 5.93. The Hall–Kier alpha value is -1.03. The van der Waals surface area contributed by atoms with Gasteiger partial charge in [0, 0.05) is 17.9 Å². The first-order valence-electron chi connectivity index (χ1n) is 5.58. The summed E-state index contributed by atoms with van der Waals surface area (Å²) in [5.41, 5.74) is 7.69. The molecule has 1 atom stereocenters. The smallest absolute Gasteiger partial charge is 0.121 e. The highest BCUT2D eigenvalue weighted by molar-refractivity contribution is 8.00. The van der Waals surface area contributed by atoms with E-state index in [-0.39, 0.29) is 0 Å². The van der Waals surface area contributed by atoms with Crippen molar-refractivity contribution in [2.75, 3.05) is 30.5 Å². The molecule has 1 aliphatic rings. The van der Waals surface area contributed by atoms with E-state index >= 15 is 0 Å². The molecule has 0 amide bonds. The average Bonchev–Trinajstić information content (AvgIpc) is 2.80. The molecule has 0 radical (unpaired) electrons. The fraction of sp³-hybridized carbons (Fsp3) is 0.500. The summed E-state index contributed by atoms with van der Waals surface area (Å²) in [6.07, 6.45) is 2.66. The maximum atomic E-state index is 5.93. The van der Waals surface area contributed by atoms with Gasteiger partial charge in [-0.25, -0.2) is 0 Å². The molecular weight excluding hydrogens is 220 g/mol. The van der Waals surface area contributed by atoms with Crippen molar-refractivity contribution in [1.82, 2.24) is 0 Å². The van der Waals surface area contributed by atoms with Crippen molar-refractivity contribution >= 4 is 23.1 Å². The minimum Gasteiger partial charge on any atom is -0.497 e. The van der Waals surface area contributed by atoms with Crippen molar-refractivity contribution in [3.8, 4) is 5.75 Å². The van der Waals surface area contributed by atoms with Gasteiger partial charge in [0.2, 0.25) is 0 Å². The predicted octanol–water partition coefficient (Wildman–Crippen LogP) is 2.58. The Kier molecular flexibility index (Phi) is 3.83. The van der Waals surface area contributed by atoms with Gasteiger partial charge in [-0.2, -0.15) is 11.8 Å². The molecule has 3 nitrogen and oxygen atoms in total. The number of methoxy groups -OCH3 is 1. The Labute approximate surface area is 101 Å². The maximum Gasteiger partial charge on any atom is 0.121 e. The van der Waals surface area contributed by atoms with Crippen LogP contribution in [0.3, 0.4) is 0 Å². The van der Waals surface area contributed by atoms with Crippen LogP contribution >= 0.6 is 11.8 Å². The topological polar surface area (TPSA) is 47.3 Å². The van der Waals surface area contributed by atoms with Crippen LogP contribution in [0, 0.1) is 0 Å². The zero-order valence-corrected chi connectivity index (χ0v) is 10.3. The largest absolute Gasteiger partial charge is 0.497 e. The molecule has 1 aliphatic heterocycles. The minimum atomic E-state index is 0.738. The molecule has 1 heterocycles. The molecular formula is C12H18N2OS. The van der Waals surface area contributed by atoms with E-state index in [1.807, 2.05) is 30.0 Å². The van der Waals surface area contributed by atoms with Gasteiger partial charge in [0.05, 0.1) is 18.5 Å². The molecule has 4 heteroatoms. The number of nitrogens with one attached hydrogen (secondary N) is 1. The molecule has 1 unspecified atom stereocenters. The van der Waals surface area contributed by atoms with Gasteiger partial charge in [0.1, 0.15) is 5.75 Å². The Morgan fingerprint density at radius 3 is 3.06 bits per heavy atom. The summed E-state index contributed by atoms with van der Waals surface area (Å²) in [6, 6.07) is 5.76. The molecule has 0 saturated carbocycles. The quantitative estimate of drug-likeness (QED) is 0.792. The zero-order chi connectivity index (χ0) is 11.4. The molecule has 16 heavy (non-hydrogen) atoms. The van der Waals surface area contributed by atoms with E-state index in [1.54, 1.807) is 7.11 Å². The molecule has 3 N–H and O–H groups in total. The van der Waals surface area contributed by atoms with Crippen LogP contribution < -0.4 is 15.8 Å². The number of nitrogen functional groups attached to an aromatic ring is 1. The zero-order valence-electron chi connectivity index (χ0n) is 9.53. The second-order valence-corrected chi connectivity index (χ2v) is 5.38. The lowest BCUT2D eigenvalue weighted by molar-refractivity contribution is 0.415. The Bertz CT molecular complexity index is 351. The number of ether oxygens (including phenoxy) is 1. The summed E-state index contributed by atoms with van der Waals surface area (Å²) < 4.78 is 5.12. The van der Waals surface area contributed by atoms with Crippen LogP contribution in [0.5, 0.6) is 5.75 Å². The Balaban J connectivity index is 1.93. The van der Waals surface area contributed by atoms with Gasteiger partial charge < -0.3 is 15.8 Å². The third-order valence-electron chi connectivity index (χ3n) is 2.80. The predicted molar refractivity (Wildman–Crippen MR) is 71.4 cm³/mol. The third-order valence-corrected chi connectivity index (χ3v) is 4.20. The lowest BCUT2D eigenvalue weighted by Gasteiger charge is -2.13. The number of hydrogen-bond acceptors (Lipinski definition) is 4. The first-order chi connectivity index (χ1) is 7.79. The van der Waals surface area contributed by atoms with Crippen molar-refractivity contribution in [3.63, 3.8) is 0 Å². The number of benzene rings is 1. The van der Waals surface area contributed by atoms with Gasteiger partial charge in [-0.05, 0) is 30.7 Å². The van der Waals surface area contributed by atoms with Crippen molar-refractivity contribution in [2.24, 2.45) is 0 Å². The lowest BCUT2D eigenvalue weighted by Crippen LogP contribution is -2.14. The molecule has 88 valence electrons. The van der Waals surface area contributed by atoms with E-state index in [1.165, 1.54) is 18.6 Å². The lowest BCUT2D eigenvalue weighted by atomic mass is 10.2. The highest BCUT2D eigenvalue weighted by Gasteiger charge is 2.15. The van der Waals surface area contributed by atoms with Crippen molar-refractivity contribution in [1.29, 1.82) is 0 Å². The summed E-state index contributed by atoms with van der Waals surface area (Å²) in [7, 11) is 1.65. The van der Waals surface area contributed by atoms with E-state index in [0.717, 1.165) is 28.9 Å². The van der Waals surface area contributed by atoms with Gasteiger partial charge >= 0.3 is 0 Å². The molecule has 0 aromatic heterocycles. The molecule has 1 aromatic carbocycles.